The second-order valence-corrected chi connectivity index (χ2v) is 7.82. The standard InChI is InChI=1S/C20H23NO2S/c22-16-21(14-15-24(23)19-12-5-2-6-13-19)20(18-10-7-11-18)17-8-3-1-4-9-17/h1-6,8-9,12-13,16,18,20H,7,10-11,14-15H2. The van der Waals surface area contributed by atoms with Gasteiger partial charge in [0, 0.05) is 17.2 Å². The van der Waals surface area contributed by atoms with Gasteiger partial charge in [-0.15, -0.1) is 0 Å². The van der Waals surface area contributed by atoms with Crippen molar-refractivity contribution in [1.29, 1.82) is 0 Å². The first-order valence-electron chi connectivity index (χ1n) is 8.49. The van der Waals surface area contributed by atoms with Gasteiger partial charge in [-0.2, -0.15) is 0 Å². The zero-order valence-corrected chi connectivity index (χ0v) is 14.5. The Hall–Kier alpha value is -1.94. The average molecular weight is 341 g/mol. The molecule has 2 unspecified atom stereocenters. The number of benzene rings is 2. The molecule has 2 atom stereocenters. The molecular formula is C20H23NO2S. The van der Waals surface area contributed by atoms with E-state index in [0.29, 0.717) is 18.2 Å². The molecule has 0 bridgehead atoms. The monoisotopic (exact) mass is 341 g/mol. The number of amides is 1. The van der Waals surface area contributed by atoms with E-state index in [1.54, 1.807) is 0 Å². The number of nitrogens with zero attached hydrogens (tertiary/aromatic N) is 1. The summed E-state index contributed by atoms with van der Waals surface area (Å²) in [5.74, 6) is 0.987. The Morgan fingerprint density at radius 1 is 1.04 bits per heavy atom. The molecule has 1 aliphatic carbocycles. The van der Waals surface area contributed by atoms with Crippen LogP contribution in [0.3, 0.4) is 0 Å². The molecule has 0 radical (unpaired) electrons. The first-order valence-corrected chi connectivity index (χ1v) is 9.81. The fourth-order valence-corrected chi connectivity index (χ4v) is 4.35. The van der Waals surface area contributed by atoms with Crippen molar-refractivity contribution in [1.82, 2.24) is 4.90 Å². The molecule has 3 rings (SSSR count). The molecule has 0 spiro atoms. The van der Waals surface area contributed by atoms with Crippen LogP contribution in [0.25, 0.3) is 0 Å². The van der Waals surface area contributed by atoms with E-state index < -0.39 is 10.8 Å². The van der Waals surface area contributed by atoms with Gasteiger partial charge in [-0.05, 0) is 36.5 Å². The van der Waals surface area contributed by atoms with E-state index in [1.165, 1.54) is 12.0 Å². The predicted molar refractivity (Wildman–Crippen MR) is 97.0 cm³/mol. The topological polar surface area (TPSA) is 37.4 Å². The lowest BCUT2D eigenvalue weighted by atomic mass is 9.76. The summed E-state index contributed by atoms with van der Waals surface area (Å²) in [7, 11) is -1.08. The largest absolute Gasteiger partial charge is 0.337 e. The molecule has 1 saturated carbocycles. The van der Waals surface area contributed by atoms with Crippen LogP contribution in [0.2, 0.25) is 0 Å². The fourth-order valence-electron chi connectivity index (χ4n) is 3.28. The summed E-state index contributed by atoms with van der Waals surface area (Å²) >= 11 is 0. The van der Waals surface area contributed by atoms with Crippen LogP contribution >= 0.6 is 0 Å². The van der Waals surface area contributed by atoms with Gasteiger partial charge in [-0.1, -0.05) is 55.0 Å². The first kappa shape index (κ1) is 16.9. The molecule has 0 aliphatic heterocycles. The third-order valence-electron chi connectivity index (χ3n) is 4.77. The van der Waals surface area contributed by atoms with Crippen molar-refractivity contribution in [2.24, 2.45) is 5.92 Å². The Kier molecular flexibility index (Phi) is 5.81. The van der Waals surface area contributed by atoms with E-state index in [1.807, 2.05) is 53.4 Å². The van der Waals surface area contributed by atoms with Crippen molar-refractivity contribution in [3.63, 3.8) is 0 Å². The van der Waals surface area contributed by atoms with Gasteiger partial charge in [0.2, 0.25) is 6.41 Å². The minimum atomic E-state index is -1.08. The van der Waals surface area contributed by atoms with Crippen molar-refractivity contribution in [3.05, 3.63) is 66.2 Å². The molecule has 0 heterocycles. The van der Waals surface area contributed by atoms with Crippen LogP contribution in [0.5, 0.6) is 0 Å². The van der Waals surface area contributed by atoms with E-state index in [2.05, 4.69) is 12.1 Å². The van der Waals surface area contributed by atoms with Crippen molar-refractivity contribution >= 4 is 17.2 Å². The Balaban J connectivity index is 1.71. The molecule has 2 aromatic rings. The van der Waals surface area contributed by atoms with Crippen molar-refractivity contribution in [2.45, 2.75) is 30.2 Å². The maximum absolute atomic E-state index is 12.4. The van der Waals surface area contributed by atoms with E-state index in [-0.39, 0.29) is 6.04 Å². The molecule has 1 amide bonds. The summed E-state index contributed by atoms with van der Waals surface area (Å²) in [6.45, 7) is 0.515. The van der Waals surface area contributed by atoms with Gasteiger partial charge in [-0.3, -0.25) is 9.00 Å². The fraction of sp³-hybridized carbons (Fsp3) is 0.350. The summed E-state index contributed by atoms with van der Waals surface area (Å²) in [5.41, 5.74) is 1.18. The lowest BCUT2D eigenvalue weighted by Crippen LogP contribution is -2.37. The first-order chi connectivity index (χ1) is 11.8. The Bertz CT molecular complexity index is 671. The predicted octanol–water partition coefficient (Wildman–Crippen LogP) is 3.79. The number of hydrogen-bond donors (Lipinski definition) is 0. The van der Waals surface area contributed by atoms with E-state index in [4.69, 9.17) is 0 Å². The summed E-state index contributed by atoms with van der Waals surface area (Å²) in [5, 5.41) is 0. The zero-order valence-electron chi connectivity index (χ0n) is 13.7. The molecule has 0 aromatic heterocycles. The number of carbonyl (C=O) groups is 1. The quantitative estimate of drug-likeness (QED) is 0.685. The third kappa shape index (κ3) is 3.93. The van der Waals surface area contributed by atoms with Crippen molar-refractivity contribution in [3.8, 4) is 0 Å². The average Bonchev–Trinajstić information content (AvgIpc) is 2.61. The van der Waals surface area contributed by atoms with Crippen molar-refractivity contribution < 1.29 is 9.00 Å². The molecular weight excluding hydrogens is 318 g/mol. The van der Waals surface area contributed by atoms with Crippen molar-refractivity contribution in [2.75, 3.05) is 12.3 Å². The highest BCUT2D eigenvalue weighted by Crippen LogP contribution is 2.40. The summed E-state index contributed by atoms with van der Waals surface area (Å²) in [6.07, 6.45) is 4.48. The Labute approximate surface area is 146 Å². The molecule has 126 valence electrons. The van der Waals surface area contributed by atoms with Gasteiger partial charge in [0.25, 0.3) is 0 Å². The summed E-state index contributed by atoms with van der Waals surface area (Å²) in [4.78, 5) is 14.4. The highest BCUT2D eigenvalue weighted by molar-refractivity contribution is 7.85. The maximum atomic E-state index is 12.4. The van der Waals surface area contributed by atoms with Gasteiger partial charge >= 0.3 is 0 Å². The molecule has 24 heavy (non-hydrogen) atoms. The zero-order chi connectivity index (χ0) is 16.8. The number of rotatable bonds is 8. The van der Waals surface area contributed by atoms with E-state index in [9.17, 15) is 9.00 Å². The number of carbonyl (C=O) groups excluding carboxylic acids is 1. The molecule has 2 aromatic carbocycles. The van der Waals surface area contributed by atoms with Crippen LogP contribution in [0, 0.1) is 5.92 Å². The van der Waals surface area contributed by atoms with E-state index >= 15 is 0 Å². The molecule has 0 N–H and O–H groups in total. The van der Waals surface area contributed by atoms with Gasteiger partial charge in [0.05, 0.1) is 16.8 Å². The molecule has 0 saturated heterocycles. The van der Waals surface area contributed by atoms with Crippen LogP contribution in [-0.2, 0) is 15.6 Å². The van der Waals surface area contributed by atoms with Crippen LogP contribution in [0.4, 0.5) is 0 Å². The van der Waals surface area contributed by atoms with Gasteiger partial charge in [0.1, 0.15) is 0 Å². The molecule has 1 fully saturated rings. The molecule has 3 nitrogen and oxygen atoms in total. The normalized spacial score (nSPS) is 16.8. The summed E-state index contributed by atoms with van der Waals surface area (Å²) < 4.78 is 12.4. The Morgan fingerprint density at radius 2 is 1.67 bits per heavy atom. The third-order valence-corrected chi connectivity index (χ3v) is 6.12. The SMILES string of the molecule is O=CN(CCS(=O)c1ccccc1)C(c1ccccc1)C1CCC1. The molecule has 1 aliphatic rings. The van der Waals surface area contributed by atoms with E-state index in [0.717, 1.165) is 24.1 Å². The Morgan fingerprint density at radius 3 is 2.21 bits per heavy atom. The van der Waals surface area contributed by atoms with Crippen LogP contribution in [-0.4, -0.2) is 27.8 Å². The van der Waals surface area contributed by atoms with Gasteiger partial charge < -0.3 is 4.90 Å². The highest BCUT2D eigenvalue weighted by Gasteiger charge is 2.32. The van der Waals surface area contributed by atoms with Gasteiger partial charge in [0.15, 0.2) is 0 Å². The minimum Gasteiger partial charge on any atom is -0.337 e. The smallest absolute Gasteiger partial charge is 0.210 e. The van der Waals surface area contributed by atoms with Crippen LogP contribution in [0.15, 0.2) is 65.6 Å². The van der Waals surface area contributed by atoms with Gasteiger partial charge in [-0.25, -0.2) is 0 Å². The summed E-state index contributed by atoms with van der Waals surface area (Å²) in [6, 6.07) is 19.8. The highest BCUT2D eigenvalue weighted by atomic mass is 32.2. The molecule has 4 heteroatoms. The second-order valence-electron chi connectivity index (χ2n) is 6.25. The number of hydrogen-bond acceptors (Lipinski definition) is 2. The second kappa shape index (κ2) is 8.25. The van der Waals surface area contributed by atoms with Crippen LogP contribution in [0.1, 0.15) is 30.9 Å². The lowest BCUT2D eigenvalue weighted by Gasteiger charge is -2.39. The minimum absolute atomic E-state index is 0.102. The lowest BCUT2D eigenvalue weighted by molar-refractivity contribution is -0.122. The maximum Gasteiger partial charge on any atom is 0.210 e. The van der Waals surface area contributed by atoms with Crippen LogP contribution < -0.4 is 0 Å².